The second-order valence-corrected chi connectivity index (χ2v) is 10.1. The molecule has 2 aromatic rings. The molecular formula is C23H26N2O4S. The minimum atomic E-state index is -3.19. The van der Waals surface area contributed by atoms with Gasteiger partial charge in [0, 0.05) is 30.8 Å². The molecule has 1 aliphatic heterocycles. The minimum absolute atomic E-state index is 0.0167. The molecule has 2 heterocycles. The van der Waals surface area contributed by atoms with E-state index in [1.54, 1.807) is 10.5 Å². The van der Waals surface area contributed by atoms with Gasteiger partial charge in [0.25, 0.3) is 0 Å². The number of hydrogen-bond donors (Lipinski definition) is 0. The summed E-state index contributed by atoms with van der Waals surface area (Å²) >= 11 is 0. The molecule has 158 valence electrons. The molecule has 0 amide bonds. The van der Waals surface area contributed by atoms with Crippen molar-refractivity contribution in [2.45, 2.75) is 25.7 Å². The molecular weight excluding hydrogens is 400 g/mol. The maximum Gasteiger partial charge on any atom is 0.338 e. The smallest absolute Gasteiger partial charge is 0.338 e. The molecule has 6 nitrogen and oxygen atoms in total. The van der Waals surface area contributed by atoms with E-state index in [1.165, 1.54) is 13.4 Å². The van der Waals surface area contributed by atoms with Crippen LogP contribution in [0, 0.1) is 12.8 Å². The molecule has 0 bridgehead atoms. The van der Waals surface area contributed by atoms with Gasteiger partial charge in [-0.1, -0.05) is 29.8 Å². The Labute approximate surface area is 177 Å². The van der Waals surface area contributed by atoms with Crippen LogP contribution in [0.3, 0.4) is 0 Å². The van der Waals surface area contributed by atoms with Gasteiger partial charge < -0.3 is 4.74 Å². The number of aromatic nitrogens is 1. The largest absolute Gasteiger partial charge is 0.465 e. The fourth-order valence-electron chi connectivity index (χ4n) is 4.67. The van der Waals surface area contributed by atoms with E-state index in [9.17, 15) is 13.2 Å². The average molecular weight is 427 g/mol. The summed E-state index contributed by atoms with van der Waals surface area (Å²) in [5.74, 6) is -0.176. The standard InChI is InChI=1S/C23H26N2O4S/c1-15-6-7-18-17(13-15)14-20(23(26)29-2)19-5-4-10-24-22(19)21(18)16-8-11-25(12-9-16)30(3,27)28/h4-7,10,13-14,16,21H,8-9,11-12H2,1-3H3. The van der Waals surface area contributed by atoms with Crippen LogP contribution in [0.5, 0.6) is 0 Å². The van der Waals surface area contributed by atoms with E-state index in [4.69, 9.17) is 9.72 Å². The van der Waals surface area contributed by atoms with Crippen LogP contribution in [0.4, 0.5) is 0 Å². The number of pyridine rings is 1. The average Bonchev–Trinajstić information content (AvgIpc) is 2.87. The summed E-state index contributed by atoms with van der Waals surface area (Å²) in [6, 6.07) is 10.0. The lowest BCUT2D eigenvalue weighted by Gasteiger charge is -2.35. The molecule has 2 aliphatic rings. The van der Waals surface area contributed by atoms with Gasteiger partial charge in [0.05, 0.1) is 24.6 Å². The number of sulfonamides is 1. The molecule has 0 N–H and O–H groups in total. The lowest BCUT2D eigenvalue weighted by Crippen LogP contribution is -2.39. The van der Waals surface area contributed by atoms with Gasteiger partial charge in [-0.05, 0) is 49.0 Å². The van der Waals surface area contributed by atoms with Gasteiger partial charge in [-0.15, -0.1) is 0 Å². The number of carbonyl (C=O) groups is 1. The first kappa shape index (κ1) is 20.8. The number of benzene rings is 1. The van der Waals surface area contributed by atoms with Gasteiger partial charge in [-0.3, -0.25) is 4.98 Å². The molecule has 1 aliphatic carbocycles. The highest BCUT2D eigenvalue weighted by Gasteiger charge is 2.36. The van der Waals surface area contributed by atoms with Crippen molar-refractivity contribution in [2.24, 2.45) is 5.92 Å². The highest BCUT2D eigenvalue weighted by molar-refractivity contribution is 7.88. The van der Waals surface area contributed by atoms with E-state index in [2.05, 4.69) is 18.2 Å². The maximum absolute atomic E-state index is 12.6. The molecule has 4 rings (SSSR count). The number of rotatable bonds is 3. The van der Waals surface area contributed by atoms with E-state index >= 15 is 0 Å². The lowest BCUT2D eigenvalue weighted by atomic mass is 9.76. The molecule has 1 aromatic heterocycles. The summed E-state index contributed by atoms with van der Waals surface area (Å²) in [5.41, 5.74) is 5.37. The van der Waals surface area contributed by atoms with E-state index in [1.807, 2.05) is 25.1 Å². The Balaban J connectivity index is 1.84. The molecule has 7 heteroatoms. The summed E-state index contributed by atoms with van der Waals surface area (Å²) in [6.45, 7) is 3.03. The second-order valence-electron chi connectivity index (χ2n) is 8.10. The van der Waals surface area contributed by atoms with Crippen molar-refractivity contribution in [1.29, 1.82) is 0 Å². The summed E-state index contributed by atoms with van der Waals surface area (Å²) in [7, 11) is -1.80. The number of aryl methyl sites for hydroxylation is 1. The van der Waals surface area contributed by atoms with Crippen molar-refractivity contribution in [2.75, 3.05) is 26.5 Å². The summed E-state index contributed by atoms with van der Waals surface area (Å²) < 4.78 is 30.5. The predicted molar refractivity (Wildman–Crippen MR) is 116 cm³/mol. The number of hydrogen-bond acceptors (Lipinski definition) is 5. The summed E-state index contributed by atoms with van der Waals surface area (Å²) in [6.07, 6.45) is 6.41. The van der Waals surface area contributed by atoms with Crippen molar-refractivity contribution in [3.63, 3.8) is 0 Å². The predicted octanol–water partition coefficient (Wildman–Crippen LogP) is 3.22. The van der Waals surface area contributed by atoms with Crippen LogP contribution in [0.25, 0.3) is 11.6 Å². The number of piperidine rings is 1. The Kier molecular flexibility index (Phi) is 5.51. The Morgan fingerprint density at radius 3 is 2.60 bits per heavy atom. The first-order chi connectivity index (χ1) is 14.3. The van der Waals surface area contributed by atoms with Gasteiger partial charge >= 0.3 is 5.97 Å². The zero-order chi connectivity index (χ0) is 21.5. The zero-order valence-corrected chi connectivity index (χ0v) is 18.3. The summed E-state index contributed by atoms with van der Waals surface area (Å²) in [5, 5.41) is 0. The lowest BCUT2D eigenvalue weighted by molar-refractivity contribution is -0.133. The maximum atomic E-state index is 12.6. The van der Waals surface area contributed by atoms with E-state index < -0.39 is 10.0 Å². The van der Waals surface area contributed by atoms with Gasteiger partial charge in [0.1, 0.15) is 0 Å². The third-order valence-electron chi connectivity index (χ3n) is 6.14. The van der Waals surface area contributed by atoms with Crippen molar-refractivity contribution >= 4 is 27.6 Å². The molecule has 0 saturated carbocycles. The van der Waals surface area contributed by atoms with Crippen LogP contribution in [-0.2, 0) is 19.6 Å². The third-order valence-corrected chi connectivity index (χ3v) is 7.45. The van der Waals surface area contributed by atoms with Crippen molar-refractivity contribution in [3.05, 3.63) is 64.5 Å². The Morgan fingerprint density at radius 1 is 1.20 bits per heavy atom. The molecule has 1 aromatic carbocycles. The topological polar surface area (TPSA) is 76.6 Å². The zero-order valence-electron chi connectivity index (χ0n) is 17.5. The molecule has 1 fully saturated rings. The number of nitrogens with zero attached hydrogens (tertiary/aromatic N) is 2. The van der Waals surface area contributed by atoms with Crippen LogP contribution in [0.1, 0.15) is 46.7 Å². The van der Waals surface area contributed by atoms with Crippen LogP contribution in [-0.4, -0.2) is 50.1 Å². The molecule has 1 saturated heterocycles. The van der Waals surface area contributed by atoms with Crippen molar-refractivity contribution < 1.29 is 17.9 Å². The molecule has 30 heavy (non-hydrogen) atoms. The monoisotopic (exact) mass is 426 g/mol. The quantitative estimate of drug-likeness (QED) is 0.705. The normalized spacial score (nSPS) is 20.0. The van der Waals surface area contributed by atoms with Gasteiger partial charge in [0.15, 0.2) is 0 Å². The van der Waals surface area contributed by atoms with Gasteiger partial charge in [-0.25, -0.2) is 17.5 Å². The highest BCUT2D eigenvalue weighted by Crippen LogP contribution is 2.44. The summed E-state index contributed by atoms with van der Waals surface area (Å²) in [4.78, 5) is 17.3. The van der Waals surface area contributed by atoms with Crippen molar-refractivity contribution in [1.82, 2.24) is 9.29 Å². The fraction of sp³-hybridized carbons (Fsp3) is 0.391. The van der Waals surface area contributed by atoms with Gasteiger partial charge in [0.2, 0.25) is 10.0 Å². The Morgan fingerprint density at radius 2 is 1.93 bits per heavy atom. The molecule has 1 atom stereocenters. The number of esters is 1. The van der Waals surface area contributed by atoms with Crippen molar-refractivity contribution in [3.8, 4) is 0 Å². The van der Waals surface area contributed by atoms with Crippen LogP contribution in [0.2, 0.25) is 0 Å². The number of carbonyl (C=O) groups excluding carboxylic acids is 1. The first-order valence-corrected chi connectivity index (χ1v) is 12.0. The van der Waals surface area contributed by atoms with Crippen LogP contribution >= 0.6 is 0 Å². The fourth-order valence-corrected chi connectivity index (χ4v) is 5.55. The van der Waals surface area contributed by atoms with Crippen LogP contribution in [0.15, 0.2) is 36.5 Å². The SMILES string of the molecule is COC(=O)C1=Cc2cc(C)ccc2C(C2CCN(S(C)(=O)=O)CC2)c2ncccc21. The number of fused-ring (bicyclic) bond motifs is 2. The van der Waals surface area contributed by atoms with E-state index in [-0.39, 0.29) is 17.8 Å². The first-order valence-electron chi connectivity index (χ1n) is 10.1. The third kappa shape index (κ3) is 3.79. The molecule has 1 unspecified atom stereocenters. The molecule has 0 radical (unpaired) electrons. The van der Waals surface area contributed by atoms with Gasteiger partial charge in [-0.2, -0.15) is 0 Å². The number of methoxy groups -OCH3 is 1. The highest BCUT2D eigenvalue weighted by atomic mass is 32.2. The Hall–Kier alpha value is -2.51. The van der Waals surface area contributed by atoms with E-state index in [0.717, 1.165) is 40.8 Å². The number of ether oxygens (including phenoxy) is 1. The van der Waals surface area contributed by atoms with Crippen LogP contribution < -0.4 is 0 Å². The second kappa shape index (κ2) is 7.96. The Bertz CT molecular complexity index is 1120. The minimum Gasteiger partial charge on any atom is -0.465 e. The molecule has 0 spiro atoms. The van der Waals surface area contributed by atoms with E-state index in [0.29, 0.717) is 18.7 Å².